The number of rotatable bonds is 2. The van der Waals surface area contributed by atoms with Crippen LogP contribution in [0.4, 0.5) is 5.69 Å². The first-order valence-electron chi connectivity index (χ1n) is 5.12. The van der Waals surface area contributed by atoms with E-state index in [-0.39, 0.29) is 0 Å². The average Bonchev–Trinajstić information content (AvgIpc) is 2.24. The number of hydrogen-bond acceptors (Lipinski definition) is 3. The minimum atomic E-state index is 0.522. The monoisotopic (exact) mass is 214 g/mol. The maximum atomic E-state index is 5.78. The van der Waals surface area contributed by atoms with Gasteiger partial charge < -0.3 is 10.5 Å². The van der Waals surface area contributed by atoms with Gasteiger partial charge in [-0.1, -0.05) is 12.1 Å². The summed E-state index contributed by atoms with van der Waals surface area (Å²) in [6.07, 6.45) is 1.71. The van der Waals surface area contributed by atoms with E-state index in [0.29, 0.717) is 11.6 Å². The van der Waals surface area contributed by atoms with Crippen molar-refractivity contribution in [2.24, 2.45) is 0 Å². The molecule has 0 aliphatic heterocycles. The Morgan fingerprint density at radius 1 is 1.19 bits per heavy atom. The second-order valence-corrected chi connectivity index (χ2v) is 3.80. The first-order chi connectivity index (χ1) is 7.65. The van der Waals surface area contributed by atoms with Gasteiger partial charge in [0.2, 0.25) is 5.88 Å². The summed E-state index contributed by atoms with van der Waals surface area (Å²) in [5, 5.41) is 0. The van der Waals surface area contributed by atoms with Gasteiger partial charge in [-0.15, -0.1) is 0 Å². The first kappa shape index (κ1) is 10.5. The molecular weight excluding hydrogens is 200 g/mol. The zero-order valence-corrected chi connectivity index (χ0v) is 9.40. The van der Waals surface area contributed by atoms with E-state index < -0.39 is 0 Å². The summed E-state index contributed by atoms with van der Waals surface area (Å²) < 4.78 is 5.60. The van der Waals surface area contributed by atoms with Gasteiger partial charge in [0.15, 0.2) is 0 Å². The Morgan fingerprint density at radius 2 is 2.00 bits per heavy atom. The number of anilines is 1. The summed E-state index contributed by atoms with van der Waals surface area (Å²) in [4.78, 5) is 4.16. The lowest BCUT2D eigenvalue weighted by Crippen LogP contribution is -1.94. The molecule has 2 rings (SSSR count). The molecule has 0 saturated carbocycles. The average molecular weight is 214 g/mol. The van der Waals surface area contributed by atoms with Crippen LogP contribution in [0.15, 0.2) is 36.5 Å². The lowest BCUT2D eigenvalue weighted by Gasteiger charge is -2.06. The van der Waals surface area contributed by atoms with Gasteiger partial charge in [0.05, 0.1) is 0 Å². The molecule has 0 aliphatic rings. The predicted octanol–water partition coefficient (Wildman–Crippen LogP) is 3.07. The Labute approximate surface area is 94.9 Å². The Morgan fingerprint density at radius 3 is 2.69 bits per heavy atom. The van der Waals surface area contributed by atoms with Crippen molar-refractivity contribution < 1.29 is 4.74 Å². The summed E-state index contributed by atoms with van der Waals surface area (Å²) in [7, 11) is 0. The third kappa shape index (κ3) is 2.31. The molecule has 1 heterocycles. The molecule has 0 radical (unpaired) electrons. The molecule has 16 heavy (non-hydrogen) atoms. The molecule has 0 saturated heterocycles. The Balaban J connectivity index is 2.24. The Hall–Kier alpha value is -2.03. The lowest BCUT2D eigenvalue weighted by molar-refractivity contribution is 0.463. The highest BCUT2D eigenvalue weighted by Gasteiger charge is 2.01. The summed E-state index contributed by atoms with van der Waals surface area (Å²) in [5.74, 6) is 1.30. The highest BCUT2D eigenvalue weighted by molar-refractivity contribution is 5.47. The third-order valence-corrected chi connectivity index (χ3v) is 2.33. The fourth-order valence-electron chi connectivity index (χ4n) is 1.37. The van der Waals surface area contributed by atoms with E-state index in [0.717, 1.165) is 16.9 Å². The molecule has 2 aromatic rings. The van der Waals surface area contributed by atoms with Gasteiger partial charge >= 0.3 is 0 Å². The van der Waals surface area contributed by atoms with Crippen molar-refractivity contribution in [3.63, 3.8) is 0 Å². The molecule has 0 atom stereocenters. The van der Waals surface area contributed by atoms with Crippen molar-refractivity contribution in [1.29, 1.82) is 0 Å². The zero-order valence-electron chi connectivity index (χ0n) is 9.40. The molecule has 0 spiro atoms. The van der Waals surface area contributed by atoms with E-state index in [4.69, 9.17) is 10.5 Å². The zero-order chi connectivity index (χ0) is 11.5. The third-order valence-electron chi connectivity index (χ3n) is 2.33. The van der Waals surface area contributed by atoms with Crippen LogP contribution in [0.2, 0.25) is 0 Å². The minimum Gasteiger partial charge on any atom is -0.439 e. The lowest BCUT2D eigenvalue weighted by atomic mass is 10.2. The normalized spacial score (nSPS) is 10.1. The molecule has 0 aliphatic carbocycles. The van der Waals surface area contributed by atoms with Gasteiger partial charge in [0.1, 0.15) is 5.75 Å². The molecule has 1 aromatic heterocycles. The van der Waals surface area contributed by atoms with E-state index >= 15 is 0 Å². The van der Waals surface area contributed by atoms with Gasteiger partial charge in [0.25, 0.3) is 0 Å². The number of benzene rings is 1. The molecule has 82 valence electrons. The second kappa shape index (κ2) is 4.23. The molecule has 3 heteroatoms. The van der Waals surface area contributed by atoms with Crippen molar-refractivity contribution in [3.8, 4) is 11.6 Å². The van der Waals surface area contributed by atoms with E-state index in [1.54, 1.807) is 12.3 Å². The van der Waals surface area contributed by atoms with Gasteiger partial charge in [-0.2, -0.15) is 0 Å². The van der Waals surface area contributed by atoms with Crippen LogP contribution in [0.5, 0.6) is 11.6 Å². The highest BCUT2D eigenvalue weighted by atomic mass is 16.5. The van der Waals surface area contributed by atoms with Crippen LogP contribution in [0.25, 0.3) is 0 Å². The quantitative estimate of drug-likeness (QED) is 0.835. The number of nitrogen functional groups attached to an aromatic ring is 1. The SMILES string of the molecule is Cc1cccc(Oc2cc(N)c(C)cn2)c1. The summed E-state index contributed by atoms with van der Waals surface area (Å²) >= 11 is 0. The van der Waals surface area contributed by atoms with Crippen molar-refractivity contribution in [2.75, 3.05) is 5.73 Å². The largest absolute Gasteiger partial charge is 0.439 e. The van der Waals surface area contributed by atoms with E-state index in [9.17, 15) is 0 Å². The predicted molar refractivity (Wildman–Crippen MR) is 64.6 cm³/mol. The van der Waals surface area contributed by atoms with Gasteiger partial charge in [-0.05, 0) is 37.1 Å². The topological polar surface area (TPSA) is 48.1 Å². The number of pyridine rings is 1. The van der Waals surface area contributed by atoms with E-state index in [1.165, 1.54) is 0 Å². The smallest absolute Gasteiger partial charge is 0.221 e. The first-order valence-corrected chi connectivity index (χ1v) is 5.12. The number of hydrogen-bond donors (Lipinski definition) is 1. The van der Waals surface area contributed by atoms with E-state index in [1.807, 2.05) is 38.1 Å². The molecule has 1 aromatic carbocycles. The Kier molecular flexibility index (Phi) is 2.77. The number of nitrogens with zero attached hydrogens (tertiary/aromatic N) is 1. The van der Waals surface area contributed by atoms with Crippen molar-refractivity contribution >= 4 is 5.69 Å². The maximum Gasteiger partial charge on any atom is 0.221 e. The summed E-state index contributed by atoms with van der Waals surface area (Å²) in [6, 6.07) is 9.55. The van der Waals surface area contributed by atoms with Crippen molar-refractivity contribution in [3.05, 3.63) is 47.7 Å². The van der Waals surface area contributed by atoms with Crippen LogP contribution >= 0.6 is 0 Å². The van der Waals surface area contributed by atoms with Gasteiger partial charge in [-0.25, -0.2) is 4.98 Å². The summed E-state index contributed by atoms with van der Waals surface area (Å²) in [6.45, 7) is 3.93. The number of aryl methyl sites for hydroxylation is 2. The summed E-state index contributed by atoms with van der Waals surface area (Å²) in [5.41, 5.74) is 8.58. The van der Waals surface area contributed by atoms with Crippen LogP contribution in [0.3, 0.4) is 0 Å². The number of ether oxygens (including phenoxy) is 1. The molecule has 0 bridgehead atoms. The fraction of sp³-hybridized carbons (Fsp3) is 0.154. The van der Waals surface area contributed by atoms with Gasteiger partial charge in [0, 0.05) is 18.0 Å². The number of aromatic nitrogens is 1. The van der Waals surface area contributed by atoms with Gasteiger partial charge in [-0.3, -0.25) is 0 Å². The highest BCUT2D eigenvalue weighted by Crippen LogP contribution is 2.22. The molecule has 0 fully saturated rings. The maximum absolute atomic E-state index is 5.78. The molecule has 0 amide bonds. The standard InChI is InChI=1S/C13H14N2O/c1-9-4-3-5-11(6-9)16-13-7-12(14)10(2)8-15-13/h3-8H,1-2H3,(H2,14,15). The molecule has 2 N–H and O–H groups in total. The molecule has 0 unspecified atom stereocenters. The molecule has 3 nitrogen and oxygen atoms in total. The molecular formula is C13H14N2O. The fourth-order valence-corrected chi connectivity index (χ4v) is 1.37. The second-order valence-electron chi connectivity index (χ2n) is 3.80. The van der Waals surface area contributed by atoms with Crippen LogP contribution in [0.1, 0.15) is 11.1 Å². The van der Waals surface area contributed by atoms with Crippen molar-refractivity contribution in [2.45, 2.75) is 13.8 Å². The van der Waals surface area contributed by atoms with Crippen LogP contribution in [-0.2, 0) is 0 Å². The van der Waals surface area contributed by atoms with E-state index in [2.05, 4.69) is 4.98 Å². The van der Waals surface area contributed by atoms with Crippen LogP contribution in [-0.4, -0.2) is 4.98 Å². The van der Waals surface area contributed by atoms with Crippen LogP contribution in [0, 0.1) is 13.8 Å². The number of nitrogens with two attached hydrogens (primary N) is 1. The minimum absolute atomic E-state index is 0.522. The van der Waals surface area contributed by atoms with Crippen molar-refractivity contribution in [1.82, 2.24) is 4.98 Å². The Bertz CT molecular complexity index is 509. The van der Waals surface area contributed by atoms with Crippen LogP contribution < -0.4 is 10.5 Å².